The van der Waals surface area contributed by atoms with Crippen molar-refractivity contribution in [1.29, 1.82) is 0 Å². The molecule has 0 spiro atoms. The van der Waals surface area contributed by atoms with Gasteiger partial charge in [0.25, 0.3) is 5.91 Å². The molecule has 1 atom stereocenters. The molecule has 1 unspecified atom stereocenters. The lowest BCUT2D eigenvalue weighted by atomic mass is 9.94. The van der Waals surface area contributed by atoms with Gasteiger partial charge >= 0.3 is 6.18 Å². The van der Waals surface area contributed by atoms with Crippen molar-refractivity contribution in [2.75, 3.05) is 58.9 Å². The van der Waals surface area contributed by atoms with Gasteiger partial charge in [-0.3, -0.25) is 4.79 Å². The number of para-hydroxylation sites is 2. The van der Waals surface area contributed by atoms with E-state index in [0.717, 1.165) is 55.5 Å². The number of amides is 1. The number of rotatable bonds is 15. The number of piperidine rings is 1. The molecule has 1 aliphatic heterocycles. The molecule has 3 aromatic carbocycles. The van der Waals surface area contributed by atoms with E-state index < -0.39 is 12.8 Å². The minimum absolute atomic E-state index is 0.0708. The Morgan fingerprint density at radius 3 is 2.54 bits per heavy atom. The maximum atomic E-state index is 13.9. The summed E-state index contributed by atoms with van der Waals surface area (Å²) in [6.45, 7) is 1.65. The zero-order valence-corrected chi connectivity index (χ0v) is 29.0. The molecule has 0 radical (unpaired) electrons. The van der Waals surface area contributed by atoms with E-state index in [1.165, 1.54) is 30.3 Å². The van der Waals surface area contributed by atoms with Gasteiger partial charge in [-0.25, -0.2) is 14.1 Å². The average molecular weight is 724 g/mol. The van der Waals surface area contributed by atoms with E-state index in [1.54, 1.807) is 42.3 Å². The first kappa shape index (κ1) is 36.7. The molecule has 0 bridgehead atoms. The lowest BCUT2D eigenvalue weighted by Crippen LogP contribution is -2.40. The molecule has 1 aliphatic rings. The van der Waals surface area contributed by atoms with Crippen LogP contribution in [0.5, 0.6) is 5.75 Å². The van der Waals surface area contributed by atoms with Crippen LogP contribution in [0.4, 0.5) is 23.5 Å². The first-order chi connectivity index (χ1) is 25.1. The number of ether oxygens (including phenoxy) is 2. The van der Waals surface area contributed by atoms with Crippen molar-refractivity contribution in [3.8, 4) is 11.4 Å². The highest BCUT2D eigenvalue weighted by Gasteiger charge is 2.28. The van der Waals surface area contributed by atoms with Gasteiger partial charge in [-0.15, -0.1) is 5.10 Å². The molecule has 1 saturated heterocycles. The van der Waals surface area contributed by atoms with Crippen LogP contribution in [0.15, 0.2) is 73.1 Å². The molecule has 52 heavy (non-hydrogen) atoms. The van der Waals surface area contributed by atoms with Crippen molar-refractivity contribution in [2.24, 2.45) is 0 Å². The number of nitrogens with one attached hydrogen (secondary N) is 1. The number of nitrogens with zero attached hydrogens (tertiary/aromatic N) is 8. The van der Waals surface area contributed by atoms with Gasteiger partial charge in [0.05, 0.1) is 36.0 Å². The first-order valence-electron chi connectivity index (χ1n) is 17.1. The van der Waals surface area contributed by atoms with E-state index in [-0.39, 0.29) is 36.8 Å². The molecule has 276 valence electrons. The van der Waals surface area contributed by atoms with Crippen LogP contribution in [0.3, 0.4) is 0 Å². The van der Waals surface area contributed by atoms with Crippen LogP contribution >= 0.6 is 0 Å². The fraction of sp³-hybridized carbons (Fsp3) is 0.417. The van der Waals surface area contributed by atoms with Crippen molar-refractivity contribution in [1.82, 2.24) is 39.6 Å². The number of imidazole rings is 1. The molecule has 12 nitrogen and oxygen atoms in total. The first-order valence-corrected chi connectivity index (χ1v) is 17.1. The molecule has 0 saturated carbocycles. The maximum Gasteiger partial charge on any atom is 0.411 e. The number of carbonyl (C=O) groups excluding carboxylic acids is 1. The van der Waals surface area contributed by atoms with E-state index in [9.17, 15) is 22.4 Å². The van der Waals surface area contributed by atoms with Crippen LogP contribution in [-0.4, -0.2) is 111 Å². The number of halogens is 4. The monoisotopic (exact) mass is 723 g/mol. The Bertz CT molecular complexity index is 1910. The van der Waals surface area contributed by atoms with Crippen LogP contribution in [0, 0.1) is 5.82 Å². The van der Waals surface area contributed by atoms with Crippen LogP contribution in [0.2, 0.25) is 0 Å². The third-order valence-electron chi connectivity index (χ3n) is 9.30. The summed E-state index contributed by atoms with van der Waals surface area (Å²) in [5.74, 6) is 0.406. The average Bonchev–Trinajstić information content (AvgIpc) is 3.80. The highest BCUT2D eigenvalue weighted by Crippen LogP contribution is 2.28. The number of likely N-dealkylation sites (tertiary alicyclic amines) is 1. The number of hydrogen-bond acceptors (Lipinski definition) is 9. The summed E-state index contributed by atoms with van der Waals surface area (Å²) in [6.07, 6.45) is -0.522. The van der Waals surface area contributed by atoms with Crippen LogP contribution < -0.4 is 10.1 Å². The molecule has 1 fully saturated rings. The van der Waals surface area contributed by atoms with E-state index in [4.69, 9.17) is 14.5 Å². The number of alkyl halides is 3. The summed E-state index contributed by atoms with van der Waals surface area (Å²) in [5.41, 5.74) is 3.50. The standard InChI is InChI=1S/C36H41F4N9O3/c1-46(34(50)30-21-29(11-12-33(30)51-2)49-24-41-44-45-49)22-26(25-7-9-27(37)10-8-25)13-16-47-17-14-28(15-18-47)42-35-43-31-5-3-4-6-32(31)48(35)19-20-52-23-36(38,39)40/h3-12,21,24,26,28H,13-20,22-23H2,1-2H3,(H,42,43). The van der Waals surface area contributed by atoms with Gasteiger partial charge in [0.2, 0.25) is 5.95 Å². The zero-order chi connectivity index (χ0) is 36.7. The molecule has 1 N–H and O–H groups in total. The van der Waals surface area contributed by atoms with Gasteiger partial charge in [-0.05, 0) is 84.3 Å². The van der Waals surface area contributed by atoms with Gasteiger partial charge in [0.1, 0.15) is 24.5 Å². The molecular weight excluding hydrogens is 682 g/mol. The fourth-order valence-corrected chi connectivity index (χ4v) is 6.58. The summed E-state index contributed by atoms with van der Waals surface area (Å²) in [4.78, 5) is 22.6. The second-order valence-corrected chi connectivity index (χ2v) is 12.9. The van der Waals surface area contributed by atoms with Gasteiger partial charge in [-0.2, -0.15) is 13.2 Å². The predicted molar refractivity (Wildman–Crippen MR) is 186 cm³/mol. The predicted octanol–water partition coefficient (Wildman–Crippen LogP) is 5.56. The molecular formula is C36H41F4N9O3. The minimum atomic E-state index is -4.38. The van der Waals surface area contributed by atoms with Crippen molar-refractivity contribution < 1.29 is 31.8 Å². The molecule has 3 heterocycles. The number of tetrazole rings is 1. The highest BCUT2D eigenvalue weighted by molar-refractivity contribution is 5.97. The highest BCUT2D eigenvalue weighted by atomic mass is 19.4. The van der Waals surface area contributed by atoms with Crippen LogP contribution in [-0.2, 0) is 11.3 Å². The number of likely N-dealkylation sites (N-methyl/N-ethyl adjacent to an activating group) is 1. The van der Waals surface area contributed by atoms with Crippen molar-refractivity contribution in [3.05, 3.63) is 90.0 Å². The number of benzene rings is 3. The minimum Gasteiger partial charge on any atom is -0.496 e. The molecule has 6 rings (SSSR count). The number of anilines is 1. The normalized spacial score (nSPS) is 14.8. The van der Waals surface area contributed by atoms with E-state index in [1.807, 2.05) is 28.8 Å². The zero-order valence-electron chi connectivity index (χ0n) is 29.0. The topological polar surface area (TPSA) is 115 Å². The number of hydrogen-bond donors (Lipinski definition) is 1. The van der Waals surface area contributed by atoms with Crippen LogP contribution in [0.25, 0.3) is 16.7 Å². The summed E-state index contributed by atoms with van der Waals surface area (Å²) in [7, 11) is 3.26. The summed E-state index contributed by atoms with van der Waals surface area (Å²) < 4.78 is 65.5. The van der Waals surface area contributed by atoms with E-state index in [2.05, 4.69) is 25.7 Å². The molecule has 2 aromatic heterocycles. The molecule has 1 amide bonds. The number of aromatic nitrogens is 6. The third-order valence-corrected chi connectivity index (χ3v) is 9.30. The van der Waals surface area contributed by atoms with Gasteiger partial charge in [0.15, 0.2) is 0 Å². The van der Waals surface area contributed by atoms with Gasteiger partial charge < -0.3 is 29.2 Å². The SMILES string of the molecule is COc1ccc(-n2cnnn2)cc1C(=O)N(C)CC(CCN1CCC(Nc2nc3ccccc3n2CCOCC(F)(F)F)CC1)c1ccc(F)cc1. The van der Waals surface area contributed by atoms with Crippen molar-refractivity contribution in [2.45, 2.75) is 43.9 Å². The molecule has 16 heteroatoms. The van der Waals surface area contributed by atoms with Crippen LogP contribution in [0.1, 0.15) is 41.1 Å². The van der Waals surface area contributed by atoms with Gasteiger partial charge in [0, 0.05) is 45.2 Å². The quantitative estimate of drug-likeness (QED) is 0.110. The van der Waals surface area contributed by atoms with Gasteiger partial charge in [-0.1, -0.05) is 24.3 Å². The number of fused-ring (bicyclic) bond motifs is 1. The molecule has 5 aromatic rings. The Hall–Kier alpha value is -5.09. The Morgan fingerprint density at radius 2 is 1.83 bits per heavy atom. The second kappa shape index (κ2) is 16.5. The smallest absolute Gasteiger partial charge is 0.411 e. The Labute approximate surface area is 298 Å². The van der Waals surface area contributed by atoms with E-state index in [0.29, 0.717) is 29.5 Å². The fourth-order valence-electron chi connectivity index (χ4n) is 6.58. The largest absolute Gasteiger partial charge is 0.496 e. The molecule has 0 aliphatic carbocycles. The Kier molecular flexibility index (Phi) is 11.6. The summed E-state index contributed by atoms with van der Waals surface area (Å²) >= 11 is 0. The Balaban J connectivity index is 1.08. The maximum absolute atomic E-state index is 13.9. The summed E-state index contributed by atoms with van der Waals surface area (Å²) in [6, 6.07) is 19.2. The number of methoxy groups -OCH3 is 1. The second-order valence-electron chi connectivity index (χ2n) is 12.9. The lowest BCUT2D eigenvalue weighted by Gasteiger charge is -2.34. The lowest BCUT2D eigenvalue weighted by molar-refractivity contribution is -0.174. The number of carbonyl (C=O) groups is 1. The van der Waals surface area contributed by atoms with Crippen molar-refractivity contribution in [3.63, 3.8) is 0 Å². The summed E-state index contributed by atoms with van der Waals surface area (Å²) in [5, 5.41) is 14.8. The third kappa shape index (κ3) is 9.22. The van der Waals surface area contributed by atoms with E-state index >= 15 is 0 Å². The Morgan fingerprint density at radius 1 is 1.06 bits per heavy atom. The van der Waals surface area contributed by atoms with Crippen molar-refractivity contribution >= 4 is 22.9 Å².